The summed E-state index contributed by atoms with van der Waals surface area (Å²) in [5, 5.41) is 0. The third kappa shape index (κ3) is 1.49. The van der Waals surface area contributed by atoms with Crippen LogP contribution in [0, 0.1) is 6.92 Å². The van der Waals surface area contributed by atoms with Crippen LogP contribution >= 0.6 is 0 Å². The average molecular weight is 164 g/mol. The minimum absolute atomic E-state index is 0.385. The minimum atomic E-state index is 0.385. The number of nitrogen functional groups attached to an aromatic ring is 1. The molecule has 0 unspecified atom stereocenters. The summed E-state index contributed by atoms with van der Waals surface area (Å²) in [7, 11) is 0. The first kappa shape index (κ1) is 7.40. The standard InChI is InChI=1S/C9H12N2O/c1-6-4-8(9(10)11-5-6)12-7-2-3-7/h4-5,7H,2-3H2,1H3,(H2,10,11). The number of ether oxygens (including phenoxy) is 1. The molecule has 2 N–H and O–H groups in total. The van der Waals surface area contributed by atoms with E-state index in [1.54, 1.807) is 6.20 Å². The van der Waals surface area contributed by atoms with Gasteiger partial charge in [-0.05, 0) is 31.4 Å². The zero-order valence-corrected chi connectivity index (χ0v) is 7.08. The highest BCUT2D eigenvalue weighted by molar-refractivity contribution is 5.47. The van der Waals surface area contributed by atoms with Crippen LogP contribution in [0.25, 0.3) is 0 Å². The first-order chi connectivity index (χ1) is 5.75. The van der Waals surface area contributed by atoms with E-state index >= 15 is 0 Å². The molecule has 0 spiro atoms. The molecule has 0 aliphatic heterocycles. The third-order valence-corrected chi connectivity index (χ3v) is 1.84. The molecule has 1 saturated carbocycles. The summed E-state index contributed by atoms with van der Waals surface area (Å²) in [6, 6.07) is 1.93. The quantitative estimate of drug-likeness (QED) is 0.720. The number of hydrogen-bond acceptors (Lipinski definition) is 3. The van der Waals surface area contributed by atoms with Gasteiger partial charge in [-0.1, -0.05) is 0 Å². The number of pyridine rings is 1. The molecule has 1 fully saturated rings. The van der Waals surface area contributed by atoms with Crippen LogP contribution in [0.15, 0.2) is 12.3 Å². The van der Waals surface area contributed by atoms with Crippen LogP contribution in [-0.4, -0.2) is 11.1 Å². The molecule has 12 heavy (non-hydrogen) atoms. The first-order valence-corrected chi connectivity index (χ1v) is 4.14. The van der Waals surface area contributed by atoms with E-state index in [0.717, 1.165) is 24.2 Å². The van der Waals surface area contributed by atoms with Gasteiger partial charge in [-0.15, -0.1) is 0 Å². The van der Waals surface area contributed by atoms with Gasteiger partial charge in [0.2, 0.25) is 0 Å². The van der Waals surface area contributed by atoms with E-state index in [9.17, 15) is 0 Å². The highest BCUT2D eigenvalue weighted by Crippen LogP contribution is 2.29. The molecule has 1 aliphatic rings. The SMILES string of the molecule is Cc1cnc(N)c(OC2CC2)c1. The number of aryl methyl sites for hydroxylation is 1. The van der Waals surface area contributed by atoms with Crippen LogP contribution in [0.2, 0.25) is 0 Å². The van der Waals surface area contributed by atoms with Gasteiger partial charge < -0.3 is 10.5 Å². The first-order valence-electron chi connectivity index (χ1n) is 4.14. The highest BCUT2D eigenvalue weighted by atomic mass is 16.5. The smallest absolute Gasteiger partial charge is 0.166 e. The molecule has 1 aliphatic carbocycles. The van der Waals surface area contributed by atoms with Gasteiger partial charge in [-0.25, -0.2) is 4.98 Å². The molecule has 0 amide bonds. The molecule has 1 aromatic heterocycles. The van der Waals surface area contributed by atoms with Crippen LogP contribution in [-0.2, 0) is 0 Å². The summed E-state index contributed by atoms with van der Waals surface area (Å²) < 4.78 is 5.55. The van der Waals surface area contributed by atoms with Crippen LogP contribution in [0.3, 0.4) is 0 Å². The molecule has 3 heteroatoms. The van der Waals surface area contributed by atoms with Crippen molar-refractivity contribution in [2.75, 3.05) is 5.73 Å². The third-order valence-electron chi connectivity index (χ3n) is 1.84. The second-order valence-electron chi connectivity index (χ2n) is 3.21. The summed E-state index contributed by atoms with van der Waals surface area (Å²) in [5.41, 5.74) is 6.71. The van der Waals surface area contributed by atoms with Crippen molar-refractivity contribution >= 4 is 5.82 Å². The lowest BCUT2D eigenvalue weighted by Crippen LogP contribution is -2.01. The number of nitrogens with two attached hydrogens (primary N) is 1. The fraction of sp³-hybridized carbons (Fsp3) is 0.444. The predicted octanol–water partition coefficient (Wildman–Crippen LogP) is 1.51. The van der Waals surface area contributed by atoms with Gasteiger partial charge in [0.1, 0.15) is 0 Å². The van der Waals surface area contributed by atoms with Crippen molar-refractivity contribution in [1.82, 2.24) is 4.98 Å². The fourth-order valence-corrected chi connectivity index (χ4v) is 1.01. The van der Waals surface area contributed by atoms with E-state index < -0.39 is 0 Å². The van der Waals surface area contributed by atoms with E-state index in [-0.39, 0.29) is 0 Å². The molecule has 1 heterocycles. The van der Waals surface area contributed by atoms with E-state index in [4.69, 9.17) is 10.5 Å². The van der Waals surface area contributed by atoms with Crippen molar-refractivity contribution in [3.63, 3.8) is 0 Å². The lowest BCUT2D eigenvalue weighted by molar-refractivity contribution is 0.303. The molecule has 0 radical (unpaired) electrons. The van der Waals surface area contributed by atoms with E-state index in [1.165, 1.54) is 0 Å². The van der Waals surface area contributed by atoms with Crippen LogP contribution in [0.4, 0.5) is 5.82 Å². The van der Waals surface area contributed by atoms with Gasteiger partial charge in [0, 0.05) is 6.20 Å². The Hall–Kier alpha value is -1.25. The lowest BCUT2D eigenvalue weighted by atomic mass is 10.3. The number of nitrogens with zero attached hydrogens (tertiary/aromatic N) is 1. The topological polar surface area (TPSA) is 48.1 Å². The van der Waals surface area contributed by atoms with E-state index in [0.29, 0.717) is 11.9 Å². The Morgan fingerprint density at radius 3 is 3.00 bits per heavy atom. The number of aromatic nitrogens is 1. The Kier molecular flexibility index (Phi) is 1.64. The maximum Gasteiger partial charge on any atom is 0.166 e. The Morgan fingerprint density at radius 1 is 1.58 bits per heavy atom. The summed E-state index contributed by atoms with van der Waals surface area (Å²) in [4.78, 5) is 4.01. The molecule has 0 aromatic carbocycles. The molecular formula is C9H12N2O. The van der Waals surface area contributed by atoms with Gasteiger partial charge in [-0.2, -0.15) is 0 Å². The van der Waals surface area contributed by atoms with Gasteiger partial charge >= 0.3 is 0 Å². The molecule has 64 valence electrons. The van der Waals surface area contributed by atoms with E-state index in [2.05, 4.69) is 4.98 Å². The largest absolute Gasteiger partial charge is 0.487 e. The van der Waals surface area contributed by atoms with Crippen LogP contribution in [0.5, 0.6) is 5.75 Å². The van der Waals surface area contributed by atoms with Crippen LogP contribution in [0.1, 0.15) is 18.4 Å². The Balaban J connectivity index is 2.21. The molecule has 1 aromatic rings. The Morgan fingerprint density at radius 2 is 2.33 bits per heavy atom. The van der Waals surface area contributed by atoms with Crippen molar-refractivity contribution in [2.24, 2.45) is 0 Å². The number of rotatable bonds is 2. The minimum Gasteiger partial charge on any atom is -0.487 e. The second-order valence-corrected chi connectivity index (χ2v) is 3.21. The van der Waals surface area contributed by atoms with E-state index in [1.807, 2.05) is 13.0 Å². The molecule has 2 rings (SSSR count). The maximum absolute atomic E-state index is 5.63. The second kappa shape index (κ2) is 2.66. The summed E-state index contributed by atoms with van der Waals surface area (Å²) in [6.45, 7) is 1.98. The Bertz CT molecular complexity index is 295. The van der Waals surface area contributed by atoms with Gasteiger partial charge in [0.25, 0.3) is 0 Å². The maximum atomic E-state index is 5.63. The zero-order chi connectivity index (χ0) is 8.55. The van der Waals surface area contributed by atoms with Crippen LogP contribution < -0.4 is 10.5 Å². The Labute approximate surface area is 71.6 Å². The fourth-order valence-electron chi connectivity index (χ4n) is 1.01. The van der Waals surface area contributed by atoms with Gasteiger partial charge in [-0.3, -0.25) is 0 Å². The number of hydrogen-bond donors (Lipinski definition) is 1. The average Bonchev–Trinajstić information content (AvgIpc) is 2.81. The lowest BCUT2D eigenvalue weighted by Gasteiger charge is -2.06. The normalized spacial score (nSPS) is 16.1. The van der Waals surface area contributed by atoms with Gasteiger partial charge in [0.05, 0.1) is 6.10 Å². The van der Waals surface area contributed by atoms with Crippen molar-refractivity contribution < 1.29 is 4.74 Å². The van der Waals surface area contributed by atoms with Gasteiger partial charge in [0.15, 0.2) is 11.6 Å². The van der Waals surface area contributed by atoms with Crippen molar-refractivity contribution in [3.05, 3.63) is 17.8 Å². The monoisotopic (exact) mass is 164 g/mol. The van der Waals surface area contributed by atoms with Crippen molar-refractivity contribution in [2.45, 2.75) is 25.9 Å². The summed E-state index contributed by atoms with van der Waals surface area (Å²) >= 11 is 0. The molecule has 3 nitrogen and oxygen atoms in total. The predicted molar refractivity (Wildman–Crippen MR) is 47.0 cm³/mol. The molecule has 0 atom stereocenters. The molecular weight excluding hydrogens is 152 g/mol. The zero-order valence-electron chi connectivity index (χ0n) is 7.08. The summed E-state index contributed by atoms with van der Waals surface area (Å²) in [6.07, 6.45) is 4.42. The summed E-state index contributed by atoms with van der Waals surface area (Å²) in [5.74, 6) is 1.23. The van der Waals surface area contributed by atoms with Crippen molar-refractivity contribution in [3.8, 4) is 5.75 Å². The molecule has 0 bridgehead atoms. The molecule has 0 saturated heterocycles. The highest BCUT2D eigenvalue weighted by Gasteiger charge is 2.24. The number of anilines is 1. The van der Waals surface area contributed by atoms with Crippen molar-refractivity contribution in [1.29, 1.82) is 0 Å².